The van der Waals surface area contributed by atoms with Gasteiger partial charge in [0.15, 0.2) is 0 Å². The van der Waals surface area contributed by atoms with Gasteiger partial charge in [0, 0.05) is 12.1 Å². The maximum absolute atomic E-state index is 11.2. The Hall–Kier alpha value is -2.20. The molecule has 0 heterocycles. The van der Waals surface area contributed by atoms with Crippen LogP contribution < -0.4 is 0 Å². The van der Waals surface area contributed by atoms with E-state index in [0.29, 0.717) is 0 Å². The summed E-state index contributed by atoms with van der Waals surface area (Å²) in [5, 5.41) is 36.7. The fourth-order valence-corrected chi connectivity index (χ4v) is 4.64. The van der Waals surface area contributed by atoms with Crippen molar-refractivity contribution in [3.63, 3.8) is 0 Å². The zero-order chi connectivity index (χ0) is 19.4. The third-order valence-corrected chi connectivity index (χ3v) is 5.33. The van der Waals surface area contributed by atoms with Crippen LogP contribution in [-0.2, 0) is 19.2 Å². The average Bonchev–Trinajstić information content (AvgIpc) is 2.52. The highest BCUT2D eigenvalue weighted by molar-refractivity contribution is 5.73. The van der Waals surface area contributed by atoms with Crippen LogP contribution >= 0.6 is 0 Å². The summed E-state index contributed by atoms with van der Waals surface area (Å²) in [6.07, 6.45) is 3.20. The Kier molecular flexibility index (Phi) is 6.54. The van der Waals surface area contributed by atoms with E-state index in [2.05, 4.69) is 0 Å². The first-order chi connectivity index (χ1) is 12.2. The van der Waals surface area contributed by atoms with E-state index in [1.54, 1.807) is 0 Å². The Bertz CT molecular complexity index is 491. The first kappa shape index (κ1) is 20.1. The number of nitrogens with zero attached hydrogens (tertiary/aromatic N) is 2. The number of aliphatic carboxylic acids is 4. The van der Waals surface area contributed by atoms with Crippen LogP contribution in [0.4, 0.5) is 0 Å². The number of carboxylic acids is 4. The van der Waals surface area contributed by atoms with E-state index in [0.717, 1.165) is 25.7 Å². The van der Waals surface area contributed by atoms with Crippen LogP contribution in [0.2, 0.25) is 0 Å². The Labute approximate surface area is 150 Å². The van der Waals surface area contributed by atoms with Gasteiger partial charge < -0.3 is 20.4 Å². The summed E-state index contributed by atoms with van der Waals surface area (Å²) in [5.74, 6) is -4.64. The van der Waals surface area contributed by atoms with Gasteiger partial charge in [0.2, 0.25) is 0 Å². The van der Waals surface area contributed by atoms with Crippen molar-refractivity contribution in [3.05, 3.63) is 0 Å². The molecule has 2 atom stereocenters. The molecule has 26 heavy (non-hydrogen) atoms. The van der Waals surface area contributed by atoms with Gasteiger partial charge in [0.1, 0.15) is 0 Å². The third kappa shape index (κ3) is 4.92. The van der Waals surface area contributed by atoms with E-state index in [-0.39, 0.29) is 11.8 Å². The van der Waals surface area contributed by atoms with Gasteiger partial charge in [0.25, 0.3) is 0 Å². The summed E-state index contributed by atoms with van der Waals surface area (Å²) in [7, 11) is 0. The summed E-state index contributed by atoms with van der Waals surface area (Å²) in [6, 6.07) is -0.984. The lowest BCUT2D eigenvalue weighted by molar-refractivity contribution is -0.154. The molecule has 3 aliphatic carbocycles. The quantitative estimate of drug-likeness (QED) is 0.394. The number of rotatable bonds is 10. The summed E-state index contributed by atoms with van der Waals surface area (Å²) >= 11 is 0. The molecule has 146 valence electrons. The molecule has 0 radical (unpaired) electrons. The molecule has 10 heteroatoms. The summed E-state index contributed by atoms with van der Waals surface area (Å²) < 4.78 is 0. The molecule has 0 aromatic rings. The monoisotopic (exact) mass is 372 g/mol. The van der Waals surface area contributed by atoms with Gasteiger partial charge in [-0.25, -0.2) is 0 Å². The van der Waals surface area contributed by atoms with E-state index < -0.39 is 62.1 Å². The van der Waals surface area contributed by atoms with Crippen LogP contribution in [0.25, 0.3) is 0 Å². The Balaban J connectivity index is 2.36. The van der Waals surface area contributed by atoms with Crippen molar-refractivity contribution in [1.29, 1.82) is 0 Å². The smallest absolute Gasteiger partial charge is 0.317 e. The molecule has 3 rings (SSSR count). The summed E-state index contributed by atoms with van der Waals surface area (Å²) in [5.41, 5.74) is 0. The Morgan fingerprint density at radius 1 is 0.577 bits per heavy atom. The first-order valence-corrected chi connectivity index (χ1v) is 8.54. The van der Waals surface area contributed by atoms with Crippen molar-refractivity contribution in [2.45, 2.75) is 37.8 Å². The molecule has 3 fully saturated rings. The summed E-state index contributed by atoms with van der Waals surface area (Å²) in [6.45, 7) is -1.93. The molecule has 0 aliphatic heterocycles. The minimum atomic E-state index is -1.17. The highest BCUT2D eigenvalue weighted by Crippen LogP contribution is 2.45. The van der Waals surface area contributed by atoms with Crippen molar-refractivity contribution in [2.24, 2.45) is 11.8 Å². The lowest BCUT2D eigenvalue weighted by Gasteiger charge is -2.55. The molecule has 4 N–H and O–H groups in total. The molecule has 0 aromatic heterocycles. The maximum Gasteiger partial charge on any atom is 0.317 e. The van der Waals surface area contributed by atoms with E-state index in [1.165, 1.54) is 9.80 Å². The molecule has 3 saturated carbocycles. The molecule has 0 amide bonds. The normalized spacial score (nSPS) is 27.6. The Morgan fingerprint density at radius 3 is 1.00 bits per heavy atom. The van der Waals surface area contributed by atoms with Crippen molar-refractivity contribution in [2.75, 3.05) is 26.2 Å². The molecule has 0 saturated heterocycles. The van der Waals surface area contributed by atoms with Crippen LogP contribution in [0.15, 0.2) is 0 Å². The fourth-order valence-electron chi connectivity index (χ4n) is 4.64. The van der Waals surface area contributed by atoms with Gasteiger partial charge in [-0.1, -0.05) is 0 Å². The minimum absolute atomic E-state index is 0.0220. The van der Waals surface area contributed by atoms with Crippen LogP contribution in [-0.4, -0.2) is 92.4 Å². The number of hydrogen-bond acceptors (Lipinski definition) is 6. The Morgan fingerprint density at radius 2 is 0.808 bits per heavy atom. The van der Waals surface area contributed by atoms with Crippen molar-refractivity contribution in [3.8, 4) is 0 Å². The second-order valence-corrected chi connectivity index (χ2v) is 7.04. The molecule has 0 aromatic carbocycles. The zero-order valence-corrected chi connectivity index (χ0v) is 14.3. The van der Waals surface area contributed by atoms with Crippen LogP contribution in [0.3, 0.4) is 0 Å². The van der Waals surface area contributed by atoms with Gasteiger partial charge in [-0.3, -0.25) is 29.0 Å². The number of carboxylic acid groups (broad SMARTS) is 4. The lowest BCUT2D eigenvalue weighted by atomic mass is 9.63. The summed E-state index contributed by atoms with van der Waals surface area (Å²) in [4.78, 5) is 47.6. The molecule has 3 aliphatic rings. The molecular formula is C16H24N2O8. The predicted octanol–water partition coefficient (Wildman–Crippen LogP) is -0.514. The molecule has 0 spiro atoms. The fraction of sp³-hybridized carbons (Fsp3) is 0.750. The van der Waals surface area contributed by atoms with Gasteiger partial charge >= 0.3 is 23.9 Å². The van der Waals surface area contributed by atoms with Crippen LogP contribution in [0.1, 0.15) is 25.7 Å². The van der Waals surface area contributed by atoms with Crippen molar-refractivity contribution < 1.29 is 39.6 Å². The molecule has 0 unspecified atom stereocenters. The van der Waals surface area contributed by atoms with E-state index in [9.17, 15) is 39.6 Å². The van der Waals surface area contributed by atoms with Gasteiger partial charge in [-0.15, -0.1) is 0 Å². The number of fused-ring (bicyclic) bond motifs is 3. The van der Waals surface area contributed by atoms with Crippen LogP contribution in [0.5, 0.6) is 0 Å². The number of hydrogen-bond donors (Lipinski definition) is 4. The average molecular weight is 372 g/mol. The number of carbonyl (C=O) groups is 4. The largest absolute Gasteiger partial charge is 0.480 e. The van der Waals surface area contributed by atoms with Gasteiger partial charge in [-0.2, -0.15) is 0 Å². The van der Waals surface area contributed by atoms with Crippen LogP contribution in [0, 0.1) is 11.8 Å². The standard InChI is InChI=1S/C16H24N2O8/c19-11(20)5-17(6-12(21)22)15-9-1-2-10(4-3-9)16(15)18(7-13(23)24)8-14(25)26/h9-10,15-16H,1-8H2,(H,19,20)(H,21,22)(H,23,24)(H,25,26)/t9?,10?,15-,16+. The highest BCUT2D eigenvalue weighted by atomic mass is 16.4. The third-order valence-electron chi connectivity index (χ3n) is 5.33. The van der Waals surface area contributed by atoms with E-state index >= 15 is 0 Å². The van der Waals surface area contributed by atoms with Crippen molar-refractivity contribution >= 4 is 23.9 Å². The van der Waals surface area contributed by atoms with Crippen molar-refractivity contribution in [1.82, 2.24) is 9.80 Å². The van der Waals surface area contributed by atoms with Gasteiger partial charge in [-0.05, 0) is 37.5 Å². The van der Waals surface area contributed by atoms with E-state index in [4.69, 9.17) is 0 Å². The predicted molar refractivity (Wildman–Crippen MR) is 86.7 cm³/mol. The SMILES string of the molecule is O=C(O)CN(CC(=O)O)[C@@H]1C2CCC(CC2)[C@@H]1N(CC(=O)O)CC(=O)O. The highest BCUT2D eigenvalue weighted by Gasteiger charge is 2.49. The lowest BCUT2D eigenvalue weighted by Crippen LogP contribution is -2.65. The first-order valence-electron chi connectivity index (χ1n) is 8.54. The molecule has 10 nitrogen and oxygen atoms in total. The topological polar surface area (TPSA) is 156 Å². The molecule has 2 bridgehead atoms. The second-order valence-electron chi connectivity index (χ2n) is 7.04. The van der Waals surface area contributed by atoms with Gasteiger partial charge in [0.05, 0.1) is 26.2 Å². The second kappa shape index (κ2) is 8.45. The minimum Gasteiger partial charge on any atom is -0.480 e. The maximum atomic E-state index is 11.2. The zero-order valence-electron chi connectivity index (χ0n) is 14.3. The van der Waals surface area contributed by atoms with E-state index in [1.807, 2.05) is 0 Å². The molecular weight excluding hydrogens is 348 g/mol.